The van der Waals surface area contributed by atoms with E-state index in [0.29, 0.717) is 18.4 Å². The SMILES string of the molecule is O=C(CCc1nc(-c2ccc(F)cc2)no1)NN1C(=O)NC2(CCCCC2)C1=O. The molecule has 0 radical (unpaired) electrons. The Labute approximate surface area is 165 Å². The van der Waals surface area contributed by atoms with Gasteiger partial charge in [0.15, 0.2) is 0 Å². The van der Waals surface area contributed by atoms with Gasteiger partial charge in [-0.1, -0.05) is 24.4 Å². The van der Waals surface area contributed by atoms with Crippen molar-refractivity contribution in [3.8, 4) is 11.4 Å². The summed E-state index contributed by atoms with van der Waals surface area (Å²) in [6.45, 7) is 0. The van der Waals surface area contributed by atoms with Crippen molar-refractivity contribution in [1.82, 2.24) is 25.9 Å². The van der Waals surface area contributed by atoms with Crippen molar-refractivity contribution in [3.63, 3.8) is 0 Å². The number of nitrogens with zero attached hydrogens (tertiary/aromatic N) is 3. The lowest BCUT2D eigenvalue weighted by Crippen LogP contribution is -2.51. The lowest BCUT2D eigenvalue weighted by Gasteiger charge is -2.30. The summed E-state index contributed by atoms with van der Waals surface area (Å²) in [4.78, 5) is 41.2. The largest absolute Gasteiger partial charge is 0.344 e. The Kier molecular flexibility index (Phi) is 4.99. The summed E-state index contributed by atoms with van der Waals surface area (Å²) in [6.07, 6.45) is 4.00. The average molecular weight is 401 g/mol. The number of amides is 4. The number of carbonyl (C=O) groups excluding carboxylic acids is 3. The lowest BCUT2D eigenvalue weighted by molar-refractivity contribution is -0.139. The van der Waals surface area contributed by atoms with Crippen molar-refractivity contribution >= 4 is 17.8 Å². The molecule has 0 unspecified atom stereocenters. The maximum atomic E-state index is 13.0. The quantitative estimate of drug-likeness (QED) is 0.741. The van der Waals surface area contributed by atoms with Crippen molar-refractivity contribution in [1.29, 1.82) is 0 Å². The van der Waals surface area contributed by atoms with Gasteiger partial charge in [0.1, 0.15) is 11.4 Å². The average Bonchev–Trinajstić information content (AvgIpc) is 3.27. The molecule has 1 aromatic carbocycles. The zero-order valence-corrected chi connectivity index (χ0v) is 15.6. The van der Waals surface area contributed by atoms with Crippen LogP contribution in [0.1, 0.15) is 44.4 Å². The highest BCUT2D eigenvalue weighted by molar-refractivity contribution is 6.08. The fraction of sp³-hybridized carbons (Fsp3) is 0.421. The summed E-state index contributed by atoms with van der Waals surface area (Å²) in [5.74, 6) is -0.784. The molecule has 10 heteroatoms. The number of rotatable bonds is 5. The maximum Gasteiger partial charge on any atom is 0.344 e. The van der Waals surface area contributed by atoms with Crippen molar-refractivity contribution in [2.45, 2.75) is 50.5 Å². The first-order valence-corrected chi connectivity index (χ1v) is 9.52. The molecule has 4 amide bonds. The highest BCUT2D eigenvalue weighted by Gasteiger charge is 2.52. The van der Waals surface area contributed by atoms with E-state index in [4.69, 9.17) is 4.52 Å². The van der Waals surface area contributed by atoms with Crippen LogP contribution in [0.2, 0.25) is 0 Å². The maximum absolute atomic E-state index is 13.0. The zero-order chi connectivity index (χ0) is 20.4. The molecule has 2 heterocycles. The van der Waals surface area contributed by atoms with E-state index < -0.39 is 23.4 Å². The third kappa shape index (κ3) is 3.82. The number of carbonyl (C=O) groups is 3. The minimum Gasteiger partial charge on any atom is -0.339 e. The van der Waals surface area contributed by atoms with Crippen molar-refractivity contribution in [2.75, 3.05) is 0 Å². The van der Waals surface area contributed by atoms with Gasteiger partial charge in [-0.15, -0.1) is 0 Å². The number of hydrogen-bond donors (Lipinski definition) is 2. The summed E-state index contributed by atoms with van der Waals surface area (Å²) < 4.78 is 18.1. The van der Waals surface area contributed by atoms with E-state index in [1.807, 2.05) is 0 Å². The number of aryl methyl sites for hydroxylation is 1. The van der Waals surface area contributed by atoms with E-state index in [0.717, 1.165) is 24.3 Å². The minimum atomic E-state index is -0.890. The molecule has 0 atom stereocenters. The van der Waals surface area contributed by atoms with Crippen LogP contribution in [0, 0.1) is 5.82 Å². The van der Waals surface area contributed by atoms with E-state index in [1.165, 1.54) is 24.3 Å². The molecule has 9 nitrogen and oxygen atoms in total. The smallest absolute Gasteiger partial charge is 0.339 e. The van der Waals surface area contributed by atoms with Gasteiger partial charge in [-0.05, 0) is 37.1 Å². The Bertz CT molecular complexity index is 936. The standard InChI is InChI=1S/C19H20FN5O4/c20-13-6-4-12(5-7-13)16-21-15(29-24-16)9-8-14(26)23-25-17(27)19(22-18(25)28)10-2-1-3-11-19/h4-7H,1-3,8-11H2,(H,22,28)(H,23,26). The van der Waals surface area contributed by atoms with E-state index in [-0.39, 0.29) is 30.4 Å². The zero-order valence-electron chi connectivity index (χ0n) is 15.6. The number of nitrogens with one attached hydrogen (secondary N) is 2. The van der Waals surface area contributed by atoms with Gasteiger partial charge in [0.2, 0.25) is 17.6 Å². The van der Waals surface area contributed by atoms with Crippen LogP contribution in [0.3, 0.4) is 0 Å². The van der Waals surface area contributed by atoms with Gasteiger partial charge in [0.25, 0.3) is 5.91 Å². The Morgan fingerprint density at radius 1 is 1.21 bits per heavy atom. The molecule has 1 aromatic heterocycles. The fourth-order valence-electron chi connectivity index (χ4n) is 3.69. The number of imide groups is 1. The molecule has 1 aliphatic carbocycles. The number of urea groups is 1. The molecule has 2 fully saturated rings. The van der Waals surface area contributed by atoms with Crippen LogP contribution in [-0.2, 0) is 16.0 Å². The van der Waals surface area contributed by atoms with Crippen LogP contribution in [-0.4, -0.2) is 38.5 Å². The third-order valence-electron chi connectivity index (χ3n) is 5.24. The number of hydrazine groups is 1. The summed E-state index contributed by atoms with van der Waals surface area (Å²) in [5.41, 5.74) is 2.06. The molecular weight excluding hydrogens is 381 g/mol. The highest BCUT2D eigenvalue weighted by Crippen LogP contribution is 2.33. The minimum absolute atomic E-state index is 0.0465. The van der Waals surface area contributed by atoms with Gasteiger partial charge in [-0.3, -0.25) is 15.0 Å². The Morgan fingerprint density at radius 2 is 1.93 bits per heavy atom. The van der Waals surface area contributed by atoms with Crippen LogP contribution in [0.4, 0.5) is 9.18 Å². The molecule has 1 spiro atoms. The first-order chi connectivity index (χ1) is 14.0. The second kappa shape index (κ2) is 7.61. The van der Waals surface area contributed by atoms with E-state index in [9.17, 15) is 18.8 Å². The summed E-state index contributed by atoms with van der Waals surface area (Å²) in [6, 6.07) is 5.01. The third-order valence-corrected chi connectivity index (χ3v) is 5.24. The van der Waals surface area contributed by atoms with Crippen LogP contribution < -0.4 is 10.7 Å². The fourth-order valence-corrected chi connectivity index (χ4v) is 3.69. The van der Waals surface area contributed by atoms with Crippen LogP contribution in [0.5, 0.6) is 0 Å². The second-order valence-corrected chi connectivity index (χ2v) is 7.27. The monoisotopic (exact) mass is 401 g/mol. The van der Waals surface area contributed by atoms with Gasteiger partial charge in [-0.25, -0.2) is 9.18 Å². The van der Waals surface area contributed by atoms with E-state index in [1.54, 1.807) is 0 Å². The molecule has 1 saturated heterocycles. The van der Waals surface area contributed by atoms with Gasteiger partial charge >= 0.3 is 6.03 Å². The van der Waals surface area contributed by atoms with Gasteiger partial charge < -0.3 is 9.84 Å². The molecule has 2 aliphatic rings. The van der Waals surface area contributed by atoms with Crippen LogP contribution >= 0.6 is 0 Å². The van der Waals surface area contributed by atoms with Gasteiger partial charge in [0.05, 0.1) is 0 Å². The molecule has 2 aromatic rings. The highest BCUT2D eigenvalue weighted by atomic mass is 19.1. The summed E-state index contributed by atoms with van der Waals surface area (Å²) >= 11 is 0. The second-order valence-electron chi connectivity index (χ2n) is 7.27. The molecule has 1 saturated carbocycles. The van der Waals surface area contributed by atoms with E-state index in [2.05, 4.69) is 20.9 Å². The topological polar surface area (TPSA) is 117 Å². The summed E-state index contributed by atoms with van der Waals surface area (Å²) in [5, 5.41) is 7.31. The number of benzene rings is 1. The molecule has 4 rings (SSSR count). The predicted molar refractivity (Wildman–Crippen MR) is 97.3 cm³/mol. The van der Waals surface area contributed by atoms with Crippen LogP contribution in [0.15, 0.2) is 28.8 Å². The van der Waals surface area contributed by atoms with Crippen molar-refractivity contribution in [2.24, 2.45) is 0 Å². The molecular formula is C19H20FN5O4. The molecule has 1 aliphatic heterocycles. The predicted octanol–water partition coefficient (Wildman–Crippen LogP) is 2.09. The number of aromatic nitrogens is 2. The first kappa shape index (κ1) is 19.0. The normalized spacial score (nSPS) is 18.2. The van der Waals surface area contributed by atoms with Gasteiger partial charge in [-0.2, -0.15) is 9.99 Å². The van der Waals surface area contributed by atoms with E-state index >= 15 is 0 Å². The lowest BCUT2D eigenvalue weighted by atomic mass is 9.82. The van der Waals surface area contributed by atoms with Gasteiger partial charge in [0, 0.05) is 18.4 Å². The van der Waals surface area contributed by atoms with Crippen LogP contribution in [0.25, 0.3) is 11.4 Å². The molecule has 29 heavy (non-hydrogen) atoms. The van der Waals surface area contributed by atoms with Crippen molar-refractivity contribution < 1.29 is 23.3 Å². The molecule has 152 valence electrons. The first-order valence-electron chi connectivity index (χ1n) is 9.52. The Morgan fingerprint density at radius 3 is 2.66 bits per heavy atom. The summed E-state index contributed by atoms with van der Waals surface area (Å²) in [7, 11) is 0. The molecule has 0 bridgehead atoms. The number of halogens is 1. The number of hydrogen-bond acceptors (Lipinski definition) is 6. The molecule has 2 N–H and O–H groups in total. The Hall–Kier alpha value is -3.30. The van der Waals surface area contributed by atoms with Crippen molar-refractivity contribution in [3.05, 3.63) is 36.0 Å². The Balaban J connectivity index is 1.33.